The lowest BCUT2D eigenvalue weighted by molar-refractivity contribution is -0.114. The summed E-state index contributed by atoms with van der Waals surface area (Å²) >= 11 is 1.27. The minimum absolute atomic E-state index is 0.00710. The minimum Gasteiger partial charge on any atom is -0.497 e. The third-order valence-corrected chi connectivity index (χ3v) is 5.61. The summed E-state index contributed by atoms with van der Waals surface area (Å²) in [5.74, 6) is 2.02. The Balaban J connectivity index is 1.45. The number of hydrazone groups is 1. The first-order valence-corrected chi connectivity index (χ1v) is 11.4. The maximum atomic E-state index is 12.5. The highest BCUT2D eigenvalue weighted by atomic mass is 32.2. The Kier molecular flexibility index (Phi) is 7.17. The second kappa shape index (κ2) is 10.4. The molecule has 0 aromatic heterocycles. The summed E-state index contributed by atoms with van der Waals surface area (Å²) < 4.78 is 22.5. The average molecular weight is 481 g/mol. The monoisotopic (exact) mass is 480 g/mol. The number of carbonyl (C=O) groups excluding carboxylic acids is 1. The number of thioether (sulfide) groups is 1. The van der Waals surface area contributed by atoms with Gasteiger partial charge < -0.3 is 18.9 Å². The van der Waals surface area contributed by atoms with Gasteiger partial charge in [0.1, 0.15) is 24.7 Å². The number of nitrogens with one attached hydrogen (secondary N) is 1. The predicted octanol–water partition coefficient (Wildman–Crippen LogP) is 4.19. The maximum Gasteiger partial charge on any atom is 0.283 e. The van der Waals surface area contributed by atoms with E-state index in [9.17, 15) is 4.79 Å². The molecule has 9 nitrogen and oxygen atoms in total. The average Bonchev–Trinajstić information content (AvgIpc) is 3.21. The molecule has 2 aliphatic heterocycles. The van der Waals surface area contributed by atoms with Gasteiger partial charge in [0, 0.05) is 6.07 Å². The summed E-state index contributed by atoms with van der Waals surface area (Å²) in [5.41, 5.74) is 0.841. The van der Waals surface area contributed by atoms with Gasteiger partial charge in [-0.15, -0.1) is 0 Å². The van der Waals surface area contributed by atoms with E-state index < -0.39 is 5.91 Å². The summed E-state index contributed by atoms with van der Waals surface area (Å²) in [7, 11) is 1.61. The van der Waals surface area contributed by atoms with Crippen LogP contribution in [0.4, 0.5) is 0 Å². The Morgan fingerprint density at radius 3 is 2.65 bits per heavy atom. The zero-order chi connectivity index (χ0) is 24.1. The van der Waals surface area contributed by atoms with E-state index in [2.05, 4.69) is 10.1 Å². The highest BCUT2D eigenvalue weighted by Crippen LogP contribution is 2.31. The number of hydrogen-bond donors (Lipinski definition) is 1. The molecule has 0 saturated carbocycles. The topological polar surface area (TPSA) is 106 Å². The van der Waals surface area contributed by atoms with Crippen molar-refractivity contribution < 1.29 is 23.7 Å². The fourth-order valence-electron chi connectivity index (χ4n) is 3.26. The maximum absolute atomic E-state index is 12.5. The largest absolute Gasteiger partial charge is 0.497 e. The number of fused-ring (bicyclic) bond motifs is 1. The van der Waals surface area contributed by atoms with Crippen LogP contribution >= 0.6 is 11.8 Å². The van der Waals surface area contributed by atoms with Gasteiger partial charge in [-0.2, -0.15) is 15.1 Å². The van der Waals surface area contributed by atoms with E-state index in [1.54, 1.807) is 37.5 Å². The van der Waals surface area contributed by atoms with Crippen LogP contribution < -0.4 is 18.9 Å². The molecule has 0 unspecified atom stereocenters. The molecule has 1 N–H and O–H groups in total. The second-order valence-electron chi connectivity index (χ2n) is 7.15. The Morgan fingerprint density at radius 1 is 1.06 bits per heavy atom. The first-order chi connectivity index (χ1) is 16.5. The number of methoxy groups -OCH3 is 1. The SMILES string of the molecule is CCOc1cc(/C=C2\C(=N)N3N=C(C)SC3=NC2=O)ccc1OCCOc1cccc(OC)c1. The van der Waals surface area contributed by atoms with Crippen LogP contribution in [0.15, 0.2) is 58.1 Å². The molecule has 2 aromatic rings. The molecule has 0 bridgehead atoms. The fourth-order valence-corrected chi connectivity index (χ4v) is 3.99. The van der Waals surface area contributed by atoms with Crippen LogP contribution in [0.25, 0.3) is 6.08 Å². The number of carbonyl (C=O) groups is 1. The van der Waals surface area contributed by atoms with E-state index in [1.165, 1.54) is 16.8 Å². The normalized spacial score (nSPS) is 16.2. The van der Waals surface area contributed by atoms with E-state index in [0.717, 1.165) is 10.8 Å². The molecule has 0 fully saturated rings. The lowest BCUT2D eigenvalue weighted by Gasteiger charge is -2.20. The molecular formula is C24H24N4O5S. The first kappa shape index (κ1) is 23.4. The molecule has 2 aromatic carbocycles. The lowest BCUT2D eigenvalue weighted by Crippen LogP contribution is -2.35. The Morgan fingerprint density at radius 2 is 1.85 bits per heavy atom. The van der Waals surface area contributed by atoms with Gasteiger partial charge in [-0.25, -0.2) is 0 Å². The van der Waals surface area contributed by atoms with E-state index in [0.29, 0.717) is 47.8 Å². The van der Waals surface area contributed by atoms with Crippen LogP contribution in [0, 0.1) is 5.41 Å². The summed E-state index contributed by atoms with van der Waals surface area (Å²) in [6.45, 7) is 4.77. The summed E-state index contributed by atoms with van der Waals surface area (Å²) in [6.07, 6.45) is 1.61. The molecule has 1 amide bonds. The van der Waals surface area contributed by atoms with Gasteiger partial charge in [-0.1, -0.05) is 12.1 Å². The van der Waals surface area contributed by atoms with Gasteiger partial charge in [-0.05, 0) is 61.5 Å². The number of rotatable bonds is 9. The standard InChI is InChI=1S/C24H24N4O5S/c1-4-31-21-13-16(12-19-22(25)28-24(26-23(19)29)34-15(2)27-28)8-9-20(21)33-11-10-32-18-7-5-6-17(14-18)30-3/h5-9,12-14,25H,4,10-11H2,1-3H3/b19-12+,25-22?. The van der Waals surface area contributed by atoms with Gasteiger partial charge in [0.25, 0.3) is 5.91 Å². The number of amides is 1. The lowest BCUT2D eigenvalue weighted by atomic mass is 10.1. The van der Waals surface area contributed by atoms with Crippen molar-refractivity contribution in [2.75, 3.05) is 26.9 Å². The summed E-state index contributed by atoms with van der Waals surface area (Å²) in [4.78, 5) is 16.6. The molecule has 0 saturated heterocycles. The molecule has 4 rings (SSSR count). The zero-order valence-electron chi connectivity index (χ0n) is 19.0. The van der Waals surface area contributed by atoms with Crippen molar-refractivity contribution in [2.45, 2.75) is 13.8 Å². The third kappa shape index (κ3) is 5.23. The first-order valence-electron chi connectivity index (χ1n) is 10.6. The van der Waals surface area contributed by atoms with Crippen molar-refractivity contribution in [3.8, 4) is 23.0 Å². The van der Waals surface area contributed by atoms with Crippen LogP contribution in [0.3, 0.4) is 0 Å². The van der Waals surface area contributed by atoms with Gasteiger partial charge in [0.15, 0.2) is 17.3 Å². The minimum atomic E-state index is -0.471. The quantitative estimate of drug-likeness (QED) is 0.424. The van der Waals surface area contributed by atoms with E-state index in [4.69, 9.17) is 24.4 Å². The van der Waals surface area contributed by atoms with Crippen LogP contribution in [0.1, 0.15) is 19.4 Å². The van der Waals surface area contributed by atoms with E-state index >= 15 is 0 Å². The van der Waals surface area contributed by atoms with Gasteiger partial charge >= 0.3 is 0 Å². The molecule has 0 atom stereocenters. The predicted molar refractivity (Wildman–Crippen MR) is 132 cm³/mol. The number of benzene rings is 2. The molecule has 0 aliphatic carbocycles. The number of amidine groups is 2. The van der Waals surface area contributed by atoms with Crippen LogP contribution in [0.2, 0.25) is 0 Å². The number of nitrogens with zero attached hydrogens (tertiary/aromatic N) is 3. The van der Waals surface area contributed by atoms with Crippen molar-refractivity contribution in [3.05, 3.63) is 53.6 Å². The molecule has 2 aliphatic rings. The Labute approximate surface area is 201 Å². The van der Waals surface area contributed by atoms with Gasteiger partial charge in [-0.3, -0.25) is 10.2 Å². The molecular weight excluding hydrogens is 456 g/mol. The molecule has 0 spiro atoms. The molecule has 0 radical (unpaired) electrons. The van der Waals surface area contributed by atoms with E-state index in [-0.39, 0.29) is 11.4 Å². The zero-order valence-corrected chi connectivity index (χ0v) is 19.8. The van der Waals surface area contributed by atoms with Crippen molar-refractivity contribution in [1.29, 1.82) is 5.41 Å². The molecule has 10 heteroatoms. The van der Waals surface area contributed by atoms with Crippen molar-refractivity contribution in [3.63, 3.8) is 0 Å². The van der Waals surface area contributed by atoms with Crippen molar-refractivity contribution in [2.24, 2.45) is 10.1 Å². The van der Waals surface area contributed by atoms with Crippen molar-refractivity contribution in [1.82, 2.24) is 5.01 Å². The Hall–Kier alpha value is -3.79. The van der Waals surface area contributed by atoms with Crippen LogP contribution in [-0.2, 0) is 4.79 Å². The number of hydrogen-bond acceptors (Lipinski definition) is 8. The smallest absolute Gasteiger partial charge is 0.283 e. The third-order valence-electron chi connectivity index (χ3n) is 4.78. The number of ether oxygens (including phenoxy) is 4. The highest BCUT2D eigenvalue weighted by molar-refractivity contribution is 8.26. The highest BCUT2D eigenvalue weighted by Gasteiger charge is 2.34. The Bertz CT molecular complexity index is 1210. The summed E-state index contributed by atoms with van der Waals surface area (Å²) in [5, 5.41) is 15.1. The molecule has 176 valence electrons. The van der Waals surface area contributed by atoms with E-state index in [1.807, 2.05) is 32.0 Å². The van der Waals surface area contributed by atoms with Gasteiger partial charge in [0.2, 0.25) is 5.17 Å². The fraction of sp³-hybridized carbons (Fsp3) is 0.250. The molecule has 34 heavy (non-hydrogen) atoms. The van der Waals surface area contributed by atoms with Crippen LogP contribution in [-0.4, -0.2) is 53.9 Å². The summed E-state index contributed by atoms with van der Waals surface area (Å²) in [6, 6.07) is 12.7. The van der Waals surface area contributed by atoms with Gasteiger partial charge in [0.05, 0.1) is 24.3 Å². The molecule has 2 heterocycles. The van der Waals surface area contributed by atoms with Crippen LogP contribution in [0.5, 0.6) is 23.0 Å². The van der Waals surface area contributed by atoms with Crippen molar-refractivity contribution >= 4 is 39.8 Å². The number of aliphatic imine (C=N–C) groups is 1. The second-order valence-corrected chi connectivity index (χ2v) is 8.31.